The fourth-order valence-corrected chi connectivity index (χ4v) is 6.64. The Balaban J connectivity index is 1.74. The molecular weight excluding hydrogens is 418 g/mol. The molecule has 0 spiro atoms. The number of unbranched alkanes of at least 4 members (excludes halogenated alkanes) is 2. The minimum Gasteiger partial charge on any atom is -0.338 e. The van der Waals surface area contributed by atoms with Crippen molar-refractivity contribution in [3.8, 4) is 0 Å². The molecule has 2 heterocycles. The van der Waals surface area contributed by atoms with Crippen LogP contribution < -0.4 is 0 Å². The van der Waals surface area contributed by atoms with E-state index >= 15 is 0 Å². The van der Waals surface area contributed by atoms with Gasteiger partial charge < -0.3 is 9.47 Å². The maximum Gasteiger partial charge on any atom is 0.233 e. The van der Waals surface area contributed by atoms with Gasteiger partial charge in [0, 0.05) is 19.1 Å². The molecule has 3 rings (SSSR count). The van der Waals surface area contributed by atoms with E-state index in [0.717, 1.165) is 42.0 Å². The zero-order valence-electron chi connectivity index (χ0n) is 18.2. The van der Waals surface area contributed by atoms with Crippen LogP contribution in [0.3, 0.4) is 0 Å². The van der Waals surface area contributed by atoms with Gasteiger partial charge in [0.05, 0.1) is 28.3 Å². The van der Waals surface area contributed by atoms with E-state index in [1.165, 1.54) is 11.8 Å². The number of hydrogen-bond acceptors (Lipinski definition) is 5. The van der Waals surface area contributed by atoms with Crippen molar-refractivity contribution < 1.29 is 13.2 Å². The molecule has 6 nitrogen and oxygen atoms in total. The Labute approximate surface area is 184 Å². The molecule has 166 valence electrons. The molecule has 1 aromatic heterocycles. The van der Waals surface area contributed by atoms with Gasteiger partial charge in [0.15, 0.2) is 15.0 Å². The Kier molecular flexibility index (Phi) is 7.85. The van der Waals surface area contributed by atoms with Gasteiger partial charge in [-0.15, -0.1) is 0 Å². The fraction of sp³-hybridized carbons (Fsp3) is 0.636. The highest BCUT2D eigenvalue weighted by molar-refractivity contribution is 7.99. The second-order valence-electron chi connectivity index (χ2n) is 8.53. The van der Waals surface area contributed by atoms with E-state index in [1.807, 2.05) is 18.2 Å². The molecule has 0 aliphatic carbocycles. The number of aromatic nitrogens is 2. The van der Waals surface area contributed by atoms with Crippen LogP contribution >= 0.6 is 11.8 Å². The third kappa shape index (κ3) is 5.78. The number of fused-ring (bicyclic) bond motifs is 1. The van der Waals surface area contributed by atoms with Crippen LogP contribution in [-0.2, 0) is 21.2 Å². The first-order valence-corrected chi connectivity index (χ1v) is 13.7. The van der Waals surface area contributed by atoms with Gasteiger partial charge in [0.25, 0.3) is 0 Å². The molecule has 1 amide bonds. The van der Waals surface area contributed by atoms with E-state index in [-0.39, 0.29) is 29.2 Å². The maximum atomic E-state index is 13.1. The third-order valence-corrected chi connectivity index (χ3v) is 8.17. The Morgan fingerprint density at radius 2 is 2.07 bits per heavy atom. The molecule has 1 saturated heterocycles. The normalized spacial score (nSPS) is 18.3. The summed E-state index contributed by atoms with van der Waals surface area (Å²) >= 11 is 1.46. The number of para-hydroxylation sites is 2. The quantitative estimate of drug-likeness (QED) is 0.403. The number of aryl methyl sites for hydroxylation is 1. The molecule has 1 atom stereocenters. The van der Waals surface area contributed by atoms with Crippen molar-refractivity contribution in [2.75, 3.05) is 23.8 Å². The molecule has 0 bridgehead atoms. The topological polar surface area (TPSA) is 72.3 Å². The molecule has 1 fully saturated rings. The number of carbonyl (C=O) groups is 1. The monoisotopic (exact) mass is 451 g/mol. The van der Waals surface area contributed by atoms with Crippen molar-refractivity contribution >= 4 is 38.5 Å². The molecule has 0 saturated carbocycles. The van der Waals surface area contributed by atoms with Crippen molar-refractivity contribution in [2.24, 2.45) is 5.92 Å². The van der Waals surface area contributed by atoms with Crippen LogP contribution in [0.25, 0.3) is 11.0 Å². The van der Waals surface area contributed by atoms with Gasteiger partial charge in [-0.25, -0.2) is 13.4 Å². The summed E-state index contributed by atoms with van der Waals surface area (Å²) in [5.74, 6) is 0.843. The Hall–Kier alpha value is -1.54. The summed E-state index contributed by atoms with van der Waals surface area (Å²) < 4.78 is 26.1. The predicted molar refractivity (Wildman–Crippen MR) is 124 cm³/mol. The van der Waals surface area contributed by atoms with E-state index in [4.69, 9.17) is 4.98 Å². The van der Waals surface area contributed by atoms with Crippen LogP contribution in [-0.4, -0.2) is 58.6 Å². The Morgan fingerprint density at radius 3 is 2.73 bits per heavy atom. The van der Waals surface area contributed by atoms with Crippen LogP contribution in [0.1, 0.15) is 46.5 Å². The molecule has 8 heteroatoms. The van der Waals surface area contributed by atoms with Crippen molar-refractivity contribution in [1.82, 2.24) is 14.5 Å². The zero-order valence-corrected chi connectivity index (χ0v) is 19.8. The summed E-state index contributed by atoms with van der Waals surface area (Å²) in [6, 6.07) is 7.88. The first-order valence-electron chi connectivity index (χ1n) is 10.9. The van der Waals surface area contributed by atoms with E-state index in [1.54, 1.807) is 4.90 Å². The number of carbonyl (C=O) groups excluding carboxylic acids is 1. The molecule has 30 heavy (non-hydrogen) atoms. The number of imidazole rings is 1. The van der Waals surface area contributed by atoms with Crippen molar-refractivity contribution in [1.29, 1.82) is 0 Å². The lowest BCUT2D eigenvalue weighted by Crippen LogP contribution is -2.44. The average molecular weight is 452 g/mol. The summed E-state index contributed by atoms with van der Waals surface area (Å²) in [6.45, 7) is 7.79. The number of rotatable bonds is 10. The van der Waals surface area contributed by atoms with Gasteiger partial charge in [0.2, 0.25) is 5.91 Å². The lowest BCUT2D eigenvalue weighted by Gasteiger charge is -2.30. The minimum absolute atomic E-state index is 0.00274. The number of hydrogen-bond donors (Lipinski definition) is 0. The molecule has 2 aromatic rings. The van der Waals surface area contributed by atoms with Gasteiger partial charge in [0.1, 0.15) is 0 Å². The number of sulfone groups is 1. The van der Waals surface area contributed by atoms with Crippen molar-refractivity contribution in [2.45, 2.75) is 64.2 Å². The Morgan fingerprint density at radius 1 is 1.30 bits per heavy atom. The first-order chi connectivity index (χ1) is 14.3. The van der Waals surface area contributed by atoms with Crippen molar-refractivity contribution in [3.05, 3.63) is 24.3 Å². The van der Waals surface area contributed by atoms with Gasteiger partial charge in [-0.2, -0.15) is 0 Å². The summed E-state index contributed by atoms with van der Waals surface area (Å²) in [5, 5.41) is 0.865. The van der Waals surface area contributed by atoms with Gasteiger partial charge in [-0.1, -0.05) is 57.5 Å². The molecule has 0 N–H and O–H groups in total. The van der Waals surface area contributed by atoms with E-state index in [2.05, 4.69) is 31.4 Å². The predicted octanol–water partition coefficient (Wildman–Crippen LogP) is 3.99. The molecule has 0 radical (unpaired) electrons. The highest BCUT2D eigenvalue weighted by atomic mass is 32.2. The highest BCUT2D eigenvalue weighted by Gasteiger charge is 2.34. The first kappa shape index (κ1) is 23.1. The smallest absolute Gasteiger partial charge is 0.233 e. The van der Waals surface area contributed by atoms with Crippen molar-refractivity contribution in [3.63, 3.8) is 0 Å². The van der Waals surface area contributed by atoms with Gasteiger partial charge in [-0.05, 0) is 30.9 Å². The van der Waals surface area contributed by atoms with Crippen LogP contribution in [0, 0.1) is 5.92 Å². The average Bonchev–Trinajstić information content (AvgIpc) is 3.24. The highest BCUT2D eigenvalue weighted by Crippen LogP contribution is 2.26. The minimum atomic E-state index is -3.03. The van der Waals surface area contributed by atoms with E-state index in [9.17, 15) is 13.2 Å². The SMILES string of the molecule is CCCCCn1c(SCC(=O)N(CC(C)C)C2CCS(=O)(=O)C2)nc2ccccc21. The number of benzene rings is 1. The molecule has 1 aliphatic rings. The lowest BCUT2D eigenvalue weighted by atomic mass is 10.1. The fourth-order valence-electron chi connectivity index (χ4n) is 3.98. The molecular formula is C22H33N3O3S2. The number of amides is 1. The Bertz CT molecular complexity index is 969. The maximum absolute atomic E-state index is 13.1. The zero-order chi connectivity index (χ0) is 21.7. The summed E-state index contributed by atoms with van der Waals surface area (Å²) in [5.41, 5.74) is 2.05. The lowest BCUT2D eigenvalue weighted by molar-refractivity contribution is -0.130. The second kappa shape index (κ2) is 10.2. The largest absolute Gasteiger partial charge is 0.338 e. The van der Waals surface area contributed by atoms with Gasteiger partial charge in [-0.3, -0.25) is 4.79 Å². The standard InChI is InChI=1S/C22H33N3O3S2/c1-4-5-8-12-24-20-10-7-6-9-19(20)23-22(24)29-15-21(26)25(14-17(2)3)18-11-13-30(27,28)16-18/h6-7,9-10,17-18H,4-5,8,11-16H2,1-3H3. The second-order valence-corrected chi connectivity index (χ2v) is 11.7. The van der Waals surface area contributed by atoms with Crippen LogP contribution in [0.15, 0.2) is 29.4 Å². The summed E-state index contributed by atoms with van der Waals surface area (Å²) in [6.07, 6.45) is 3.94. The number of thioether (sulfide) groups is 1. The van der Waals surface area contributed by atoms with Crippen LogP contribution in [0.5, 0.6) is 0 Å². The number of nitrogens with zero attached hydrogens (tertiary/aromatic N) is 3. The third-order valence-electron chi connectivity index (χ3n) is 5.46. The van der Waals surface area contributed by atoms with Crippen LogP contribution in [0.4, 0.5) is 0 Å². The molecule has 1 unspecified atom stereocenters. The summed E-state index contributed by atoms with van der Waals surface area (Å²) in [7, 11) is -3.03. The molecule has 1 aromatic carbocycles. The van der Waals surface area contributed by atoms with Gasteiger partial charge >= 0.3 is 0 Å². The van der Waals surface area contributed by atoms with E-state index in [0.29, 0.717) is 18.9 Å². The summed E-state index contributed by atoms with van der Waals surface area (Å²) in [4.78, 5) is 19.7. The van der Waals surface area contributed by atoms with E-state index < -0.39 is 9.84 Å². The van der Waals surface area contributed by atoms with Crippen LogP contribution in [0.2, 0.25) is 0 Å². The molecule has 1 aliphatic heterocycles.